The van der Waals surface area contributed by atoms with E-state index in [1.54, 1.807) is 0 Å². The lowest BCUT2D eigenvalue weighted by Gasteiger charge is -2.19. The molecule has 0 aromatic heterocycles. The monoisotopic (exact) mass is 353 g/mol. The van der Waals surface area contributed by atoms with Gasteiger partial charge < -0.3 is 4.90 Å². The molecule has 0 bridgehead atoms. The first-order chi connectivity index (χ1) is 12.3. The fourth-order valence-corrected chi connectivity index (χ4v) is 2.45. The third kappa shape index (κ3) is 10.8. The van der Waals surface area contributed by atoms with Gasteiger partial charge in [-0.15, -0.1) is 0 Å². The number of allylic oxidation sites excluding steroid dienone is 6. The van der Waals surface area contributed by atoms with Crippen molar-refractivity contribution in [3.8, 4) is 0 Å². The van der Waals surface area contributed by atoms with Gasteiger partial charge in [0, 0.05) is 12.2 Å². The summed E-state index contributed by atoms with van der Waals surface area (Å²) >= 11 is 0. The molecule has 0 heterocycles. The molecule has 1 nitrogen and oxygen atoms in total. The van der Waals surface area contributed by atoms with Crippen LogP contribution in [0.2, 0.25) is 0 Å². The molecule has 1 aromatic carbocycles. The molecule has 0 saturated carbocycles. The van der Waals surface area contributed by atoms with Crippen molar-refractivity contribution in [1.82, 2.24) is 0 Å². The Bertz CT molecular complexity index is 571. The van der Waals surface area contributed by atoms with E-state index in [4.69, 9.17) is 0 Å². The Morgan fingerprint density at radius 2 is 1.73 bits per heavy atom. The minimum atomic E-state index is 0.601. The van der Waals surface area contributed by atoms with Crippen molar-refractivity contribution in [1.29, 1.82) is 0 Å². The molecule has 0 amide bonds. The average molecular weight is 354 g/mol. The number of rotatable bonds is 8. The largest absolute Gasteiger partial charge is 0.348 e. The molecule has 144 valence electrons. The zero-order chi connectivity index (χ0) is 19.9. The summed E-state index contributed by atoms with van der Waals surface area (Å²) in [5.41, 5.74) is 3.98. The maximum Gasteiger partial charge on any atom is 0.0406 e. The first kappa shape index (κ1) is 24.0. The minimum Gasteiger partial charge on any atom is -0.348 e. The van der Waals surface area contributed by atoms with Gasteiger partial charge in [0.1, 0.15) is 0 Å². The van der Waals surface area contributed by atoms with Gasteiger partial charge in [-0.1, -0.05) is 89.3 Å². The van der Waals surface area contributed by atoms with E-state index in [0.29, 0.717) is 11.8 Å². The second kappa shape index (κ2) is 14.2. The molecule has 0 aliphatic carbocycles. The van der Waals surface area contributed by atoms with E-state index in [-0.39, 0.29) is 0 Å². The Hall–Kier alpha value is -2.02. The van der Waals surface area contributed by atoms with E-state index in [2.05, 4.69) is 109 Å². The Morgan fingerprint density at radius 3 is 2.15 bits per heavy atom. The van der Waals surface area contributed by atoms with Crippen LogP contribution in [0.4, 0.5) is 5.69 Å². The van der Waals surface area contributed by atoms with Gasteiger partial charge in [-0.25, -0.2) is 0 Å². The van der Waals surface area contributed by atoms with E-state index in [9.17, 15) is 0 Å². The van der Waals surface area contributed by atoms with Gasteiger partial charge >= 0.3 is 0 Å². The number of anilines is 1. The zero-order valence-corrected chi connectivity index (χ0v) is 18.0. The van der Waals surface area contributed by atoms with Crippen LogP contribution in [0.15, 0.2) is 73.0 Å². The number of hydrogen-bond acceptors (Lipinski definition) is 1. The fourth-order valence-electron chi connectivity index (χ4n) is 2.45. The van der Waals surface area contributed by atoms with Crippen molar-refractivity contribution in [2.24, 2.45) is 11.8 Å². The smallest absolute Gasteiger partial charge is 0.0406 e. The van der Waals surface area contributed by atoms with E-state index in [1.807, 2.05) is 12.2 Å². The third-order valence-electron chi connectivity index (χ3n) is 3.78. The Balaban J connectivity index is 0.000000488. The highest BCUT2D eigenvalue weighted by Crippen LogP contribution is 2.16. The van der Waals surface area contributed by atoms with Crippen LogP contribution < -0.4 is 4.90 Å². The molecule has 0 spiro atoms. The lowest BCUT2D eigenvalue weighted by atomic mass is 9.99. The van der Waals surface area contributed by atoms with Crippen molar-refractivity contribution in [2.75, 3.05) is 11.4 Å². The van der Waals surface area contributed by atoms with Crippen molar-refractivity contribution in [2.45, 2.75) is 54.9 Å². The molecule has 0 aliphatic rings. The maximum atomic E-state index is 3.66. The summed E-state index contributed by atoms with van der Waals surface area (Å²) < 4.78 is 0. The molecule has 1 rings (SSSR count). The van der Waals surface area contributed by atoms with Gasteiger partial charge in [-0.05, 0) is 56.0 Å². The first-order valence-corrected chi connectivity index (χ1v) is 9.82. The molecule has 0 unspecified atom stereocenters. The molecule has 0 N–H and O–H groups in total. The zero-order valence-electron chi connectivity index (χ0n) is 18.0. The van der Waals surface area contributed by atoms with Gasteiger partial charge in [0.15, 0.2) is 0 Å². The maximum absolute atomic E-state index is 3.66. The molecule has 1 aromatic rings. The van der Waals surface area contributed by atoms with E-state index >= 15 is 0 Å². The minimum absolute atomic E-state index is 0.601. The predicted molar refractivity (Wildman–Crippen MR) is 121 cm³/mol. The number of aryl methyl sites for hydroxylation is 1. The van der Waals surface area contributed by atoms with Crippen LogP contribution in [0.1, 0.15) is 53.5 Å². The van der Waals surface area contributed by atoms with Crippen molar-refractivity contribution in [3.05, 3.63) is 78.6 Å². The third-order valence-corrected chi connectivity index (χ3v) is 3.78. The summed E-state index contributed by atoms with van der Waals surface area (Å²) in [7, 11) is 0. The second-order valence-corrected chi connectivity index (χ2v) is 7.17. The van der Waals surface area contributed by atoms with Crippen LogP contribution in [0, 0.1) is 18.8 Å². The second-order valence-electron chi connectivity index (χ2n) is 7.17. The number of nitrogens with zero attached hydrogens (tertiary/aromatic N) is 1. The molecule has 0 fully saturated rings. The van der Waals surface area contributed by atoms with Gasteiger partial charge in [-0.2, -0.15) is 0 Å². The van der Waals surface area contributed by atoms with Gasteiger partial charge in [0.2, 0.25) is 0 Å². The molecule has 0 radical (unpaired) electrons. The first-order valence-electron chi connectivity index (χ1n) is 9.82. The van der Waals surface area contributed by atoms with E-state index in [0.717, 1.165) is 13.0 Å². The SMILES string of the molecule is C/C=C/N(CCC)c1ccc(C)cc1.C=C/C=C\C(=C/C(C)C)C(C)C. The topological polar surface area (TPSA) is 3.24 Å². The van der Waals surface area contributed by atoms with E-state index in [1.165, 1.54) is 16.8 Å². The lowest BCUT2D eigenvalue weighted by Crippen LogP contribution is -2.16. The number of hydrogen-bond donors (Lipinski definition) is 0. The molecule has 1 heteroatoms. The molecule has 0 aliphatic heterocycles. The lowest BCUT2D eigenvalue weighted by molar-refractivity contribution is 0.749. The Labute approximate surface area is 162 Å². The molecule has 26 heavy (non-hydrogen) atoms. The standard InChI is InChI=1S/C13H19N.C12H20/c1-4-10-14(11-5-2)13-8-6-12(3)7-9-13;1-6-7-8-12(11(4)5)9-10(2)3/h4,6-10H,5,11H2,1-3H3;6-11H,1H2,2-5H3/b10-4+;8-7-,12-9+. The van der Waals surface area contributed by atoms with Crippen LogP contribution in [-0.4, -0.2) is 6.54 Å². The van der Waals surface area contributed by atoms with Gasteiger partial charge in [-0.3, -0.25) is 0 Å². The predicted octanol–water partition coefficient (Wildman–Crippen LogP) is 7.71. The summed E-state index contributed by atoms with van der Waals surface area (Å²) in [4.78, 5) is 2.28. The molecular formula is C25H39N. The van der Waals surface area contributed by atoms with Gasteiger partial charge in [0.05, 0.1) is 0 Å². The summed E-state index contributed by atoms with van der Waals surface area (Å²) in [5, 5.41) is 0. The van der Waals surface area contributed by atoms with Crippen LogP contribution in [0.25, 0.3) is 0 Å². The summed E-state index contributed by atoms with van der Waals surface area (Å²) in [6.07, 6.45) is 13.6. The van der Waals surface area contributed by atoms with Crippen LogP contribution >= 0.6 is 0 Å². The highest BCUT2D eigenvalue weighted by molar-refractivity contribution is 5.49. The van der Waals surface area contributed by atoms with Crippen LogP contribution in [0.3, 0.4) is 0 Å². The van der Waals surface area contributed by atoms with Crippen LogP contribution in [0.5, 0.6) is 0 Å². The van der Waals surface area contributed by atoms with Crippen molar-refractivity contribution >= 4 is 5.69 Å². The normalized spacial score (nSPS) is 12.0. The van der Waals surface area contributed by atoms with Crippen LogP contribution in [-0.2, 0) is 0 Å². The fraction of sp³-hybridized carbons (Fsp3) is 0.440. The number of benzene rings is 1. The average Bonchev–Trinajstić information content (AvgIpc) is 2.59. The highest BCUT2D eigenvalue weighted by Gasteiger charge is 2.00. The van der Waals surface area contributed by atoms with Gasteiger partial charge in [0.25, 0.3) is 0 Å². The molecule has 0 saturated heterocycles. The Kier molecular flexibility index (Phi) is 13.1. The Morgan fingerprint density at radius 1 is 1.12 bits per heavy atom. The molecule has 0 atom stereocenters. The summed E-state index contributed by atoms with van der Waals surface area (Å²) in [6, 6.07) is 8.65. The highest BCUT2D eigenvalue weighted by atomic mass is 15.1. The summed E-state index contributed by atoms with van der Waals surface area (Å²) in [6.45, 7) is 19.9. The molecular weight excluding hydrogens is 314 g/mol. The summed E-state index contributed by atoms with van der Waals surface area (Å²) in [5.74, 6) is 1.22. The van der Waals surface area contributed by atoms with Crippen molar-refractivity contribution < 1.29 is 0 Å². The quantitative estimate of drug-likeness (QED) is 0.432. The van der Waals surface area contributed by atoms with Crippen molar-refractivity contribution in [3.63, 3.8) is 0 Å². The van der Waals surface area contributed by atoms with E-state index < -0.39 is 0 Å².